The molecule has 0 unspecified atom stereocenters. The summed E-state index contributed by atoms with van der Waals surface area (Å²) in [5.74, 6) is 0.258. The first-order chi connectivity index (χ1) is 8.72. The van der Waals surface area contributed by atoms with E-state index in [1.165, 1.54) is 11.8 Å². The Kier molecular flexibility index (Phi) is 2.51. The quantitative estimate of drug-likeness (QED) is 0.880. The summed E-state index contributed by atoms with van der Waals surface area (Å²) in [6, 6.07) is 5.81. The molecule has 1 aliphatic rings. The fourth-order valence-electron chi connectivity index (χ4n) is 1.86. The van der Waals surface area contributed by atoms with Crippen molar-refractivity contribution in [1.82, 2.24) is 9.97 Å². The molecule has 0 atom stereocenters. The number of aromatic nitrogens is 2. The van der Waals surface area contributed by atoms with Gasteiger partial charge in [0.05, 0.1) is 12.7 Å². The van der Waals surface area contributed by atoms with Crippen molar-refractivity contribution in [2.45, 2.75) is 13.5 Å². The summed E-state index contributed by atoms with van der Waals surface area (Å²) in [6.45, 7) is 2.44. The van der Waals surface area contributed by atoms with Gasteiger partial charge < -0.3 is 5.32 Å². The van der Waals surface area contributed by atoms with E-state index in [0.29, 0.717) is 5.82 Å². The van der Waals surface area contributed by atoms with Crippen molar-refractivity contribution in [2.75, 3.05) is 5.32 Å². The molecule has 0 saturated heterocycles. The van der Waals surface area contributed by atoms with Gasteiger partial charge in [-0.25, -0.2) is 14.4 Å². The molecule has 4 nitrogen and oxygen atoms in total. The Balaban J connectivity index is 1.92. The van der Waals surface area contributed by atoms with E-state index in [9.17, 15) is 4.39 Å². The highest BCUT2D eigenvalue weighted by molar-refractivity contribution is 5.86. The van der Waals surface area contributed by atoms with Crippen molar-refractivity contribution < 1.29 is 4.39 Å². The van der Waals surface area contributed by atoms with Crippen LogP contribution < -0.4 is 5.32 Å². The summed E-state index contributed by atoms with van der Waals surface area (Å²) >= 11 is 0. The van der Waals surface area contributed by atoms with Crippen molar-refractivity contribution in [3.05, 3.63) is 47.2 Å². The van der Waals surface area contributed by atoms with Crippen LogP contribution in [0, 0.1) is 12.7 Å². The summed E-state index contributed by atoms with van der Waals surface area (Å²) < 4.78 is 13.5. The standard InChI is InChI=1S/C13H11FN4/c1-8-16-7-12(14)13(17-8)18-11-3-2-9-5-15-6-10(9)4-11/h2-4,6-7H,5H2,1H3,(H,16,17,18). The van der Waals surface area contributed by atoms with Crippen LogP contribution in [0.25, 0.3) is 0 Å². The molecule has 0 aliphatic carbocycles. The molecule has 1 aromatic carbocycles. The second-order valence-electron chi connectivity index (χ2n) is 4.12. The average Bonchev–Trinajstić information content (AvgIpc) is 2.81. The van der Waals surface area contributed by atoms with E-state index in [1.807, 2.05) is 24.4 Å². The molecule has 1 aliphatic heterocycles. The number of nitrogens with one attached hydrogen (secondary N) is 1. The molecule has 90 valence electrons. The number of hydrogen-bond acceptors (Lipinski definition) is 4. The lowest BCUT2D eigenvalue weighted by Crippen LogP contribution is -2.01. The minimum absolute atomic E-state index is 0.192. The zero-order chi connectivity index (χ0) is 12.5. The van der Waals surface area contributed by atoms with Crippen molar-refractivity contribution in [3.8, 4) is 0 Å². The Morgan fingerprint density at radius 3 is 3.11 bits per heavy atom. The monoisotopic (exact) mass is 242 g/mol. The second-order valence-corrected chi connectivity index (χ2v) is 4.12. The third-order valence-corrected chi connectivity index (χ3v) is 2.77. The van der Waals surface area contributed by atoms with Crippen LogP contribution in [0.3, 0.4) is 0 Å². The minimum atomic E-state index is -0.463. The molecule has 2 heterocycles. The lowest BCUT2D eigenvalue weighted by Gasteiger charge is -2.08. The number of benzene rings is 1. The van der Waals surface area contributed by atoms with Gasteiger partial charge in [-0.3, -0.25) is 4.99 Å². The minimum Gasteiger partial charge on any atom is -0.338 e. The molecule has 0 radical (unpaired) electrons. The smallest absolute Gasteiger partial charge is 0.184 e. The van der Waals surface area contributed by atoms with Crippen molar-refractivity contribution in [3.63, 3.8) is 0 Å². The van der Waals surface area contributed by atoms with Crippen LogP contribution in [0.4, 0.5) is 15.9 Å². The summed E-state index contributed by atoms with van der Waals surface area (Å²) in [6.07, 6.45) is 2.99. The average molecular weight is 242 g/mol. The molecule has 5 heteroatoms. The third-order valence-electron chi connectivity index (χ3n) is 2.77. The summed E-state index contributed by atoms with van der Waals surface area (Å²) in [5, 5.41) is 2.95. The zero-order valence-corrected chi connectivity index (χ0v) is 9.81. The van der Waals surface area contributed by atoms with E-state index in [1.54, 1.807) is 6.92 Å². The maximum atomic E-state index is 13.5. The van der Waals surface area contributed by atoms with Crippen molar-refractivity contribution in [2.24, 2.45) is 4.99 Å². The van der Waals surface area contributed by atoms with E-state index in [0.717, 1.165) is 17.8 Å². The number of aryl methyl sites for hydroxylation is 1. The molecule has 3 rings (SSSR count). The van der Waals surface area contributed by atoms with Gasteiger partial charge in [0.2, 0.25) is 0 Å². The van der Waals surface area contributed by atoms with Crippen LogP contribution in [0.15, 0.2) is 29.4 Å². The molecule has 1 aromatic heterocycles. The van der Waals surface area contributed by atoms with Crippen LogP contribution in [0.1, 0.15) is 17.0 Å². The summed E-state index contributed by atoms with van der Waals surface area (Å²) in [4.78, 5) is 12.0. The topological polar surface area (TPSA) is 50.2 Å². The van der Waals surface area contributed by atoms with Gasteiger partial charge in [0, 0.05) is 11.9 Å². The van der Waals surface area contributed by atoms with Gasteiger partial charge in [0.1, 0.15) is 5.82 Å². The Bertz CT molecular complexity index is 637. The van der Waals surface area contributed by atoms with Crippen molar-refractivity contribution >= 4 is 17.7 Å². The number of halogens is 1. The predicted molar refractivity (Wildman–Crippen MR) is 67.7 cm³/mol. The molecule has 2 aromatic rings. The zero-order valence-electron chi connectivity index (χ0n) is 9.81. The van der Waals surface area contributed by atoms with E-state index >= 15 is 0 Å². The van der Waals surface area contributed by atoms with Crippen LogP contribution in [0.2, 0.25) is 0 Å². The van der Waals surface area contributed by atoms with Gasteiger partial charge in [-0.05, 0) is 30.2 Å². The van der Waals surface area contributed by atoms with E-state index in [-0.39, 0.29) is 5.82 Å². The lowest BCUT2D eigenvalue weighted by atomic mass is 10.1. The van der Waals surface area contributed by atoms with Crippen LogP contribution in [0.5, 0.6) is 0 Å². The highest BCUT2D eigenvalue weighted by atomic mass is 19.1. The molecule has 0 bridgehead atoms. The van der Waals surface area contributed by atoms with Gasteiger partial charge in [0.25, 0.3) is 0 Å². The first kappa shape index (κ1) is 10.8. The number of aliphatic imine (C=N–C) groups is 1. The molecule has 18 heavy (non-hydrogen) atoms. The van der Waals surface area contributed by atoms with Crippen LogP contribution in [-0.2, 0) is 6.54 Å². The maximum Gasteiger partial charge on any atom is 0.184 e. The highest BCUT2D eigenvalue weighted by Crippen LogP contribution is 2.22. The van der Waals surface area contributed by atoms with Gasteiger partial charge in [-0.2, -0.15) is 0 Å². The van der Waals surface area contributed by atoms with Gasteiger partial charge in [0.15, 0.2) is 11.6 Å². The largest absolute Gasteiger partial charge is 0.338 e. The highest BCUT2D eigenvalue weighted by Gasteiger charge is 2.09. The van der Waals surface area contributed by atoms with E-state index in [2.05, 4.69) is 20.3 Å². The second kappa shape index (κ2) is 4.18. The van der Waals surface area contributed by atoms with Gasteiger partial charge >= 0.3 is 0 Å². The summed E-state index contributed by atoms with van der Waals surface area (Å²) in [7, 11) is 0. The van der Waals surface area contributed by atoms with E-state index in [4.69, 9.17) is 0 Å². The van der Waals surface area contributed by atoms with Gasteiger partial charge in [-0.15, -0.1) is 0 Å². The Labute approximate surface area is 104 Å². The Morgan fingerprint density at radius 1 is 1.33 bits per heavy atom. The first-order valence-electron chi connectivity index (χ1n) is 5.61. The third kappa shape index (κ3) is 1.95. The molecule has 1 N–H and O–H groups in total. The van der Waals surface area contributed by atoms with Crippen LogP contribution >= 0.6 is 0 Å². The van der Waals surface area contributed by atoms with Gasteiger partial charge in [-0.1, -0.05) is 6.07 Å². The molecule has 0 spiro atoms. The van der Waals surface area contributed by atoms with E-state index < -0.39 is 5.82 Å². The maximum absolute atomic E-state index is 13.5. The lowest BCUT2D eigenvalue weighted by molar-refractivity contribution is 0.616. The molecule has 0 fully saturated rings. The summed E-state index contributed by atoms with van der Waals surface area (Å²) in [5.41, 5.74) is 3.03. The Morgan fingerprint density at radius 2 is 2.22 bits per heavy atom. The molecular weight excluding hydrogens is 231 g/mol. The molecular formula is C13H11FN4. The fraction of sp³-hybridized carbons (Fsp3) is 0.154. The number of rotatable bonds is 2. The predicted octanol–water partition coefficient (Wildman–Crippen LogP) is 2.60. The molecule has 0 amide bonds. The Hall–Kier alpha value is -2.30. The first-order valence-corrected chi connectivity index (χ1v) is 5.61. The SMILES string of the molecule is Cc1ncc(F)c(Nc2ccc3c(c2)C=NC3)n1. The number of hydrogen-bond donors (Lipinski definition) is 1. The van der Waals surface area contributed by atoms with Crippen molar-refractivity contribution in [1.29, 1.82) is 0 Å². The number of anilines is 2. The molecule has 0 saturated carbocycles. The number of nitrogens with zero attached hydrogens (tertiary/aromatic N) is 3. The fourth-order valence-corrected chi connectivity index (χ4v) is 1.86. The number of fused-ring (bicyclic) bond motifs is 1. The normalized spacial score (nSPS) is 12.6. The van der Waals surface area contributed by atoms with Crippen LogP contribution in [-0.4, -0.2) is 16.2 Å².